The highest BCUT2D eigenvalue weighted by Crippen LogP contribution is 1.90. The zero-order valence-corrected chi connectivity index (χ0v) is 7.13. The second-order valence-corrected chi connectivity index (χ2v) is 2.60. The Kier molecular flexibility index (Phi) is 3.83. The van der Waals surface area contributed by atoms with Crippen LogP contribution in [0.1, 0.15) is 0 Å². The van der Waals surface area contributed by atoms with Gasteiger partial charge in [-0.25, -0.2) is 4.79 Å². The lowest BCUT2D eigenvalue weighted by atomic mass is 10.3. The SMILES string of the molecule is COC(=O)NCC1COCCN1. The number of morpholine rings is 1. The van der Waals surface area contributed by atoms with Crippen LogP contribution < -0.4 is 10.6 Å². The summed E-state index contributed by atoms with van der Waals surface area (Å²) in [5, 5.41) is 5.80. The fourth-order valence-corrected chi connectivity index (χ4v) is 1.03. The van der Waals surface area contributed by atoms with Crippen LogP contribution >= 0.6 is 0 Å². The third kappa shape index (κ3) is 3.06. The molecule has 1 atom stereocenters. The minimum Gasteiger partial charge on any atom is -0.453 e. The van der Waals surface area contributed by atoms with Crippen molar-refractivity contribution in [3.8, 4) is 0 Å². The van der Waals surface area contributed by atoms with Crippen molar-refractivity contribution < 1.29 is 14.3 Å². The maximum atomic E-state index is 10.7. The molecule has 1 aliphatic heterocycles. The molecule has 1 saturated heterocycles. The Morgan fingerprint density at radius 3 is 3.25 bits per heavy atom. The number of hydrogen-bond acceptors (Lipinski definition) is 4. The number of carbonyl (C=O) groups excluding carboxylic acids is 1. The Morgan fingerprint density at radius 1 is 1.83 bits per heavy atom. The van der Waals surface area contributed by atoms with E-state index in [0.717, 1.165) is 13.2 Å². The second kappa shape index (κ2) is 4.95. The second-order valence-electron chi connectivity index (χ2n) is 2.60. The lowest BCUT2D eigenvalue weighted by molar-refractivity contribution is 0.0760. The minimum atomic E-state index is -0.401. The molecule has 1 aliphatic rings. The Balaban J connectivity index is 2.09. The van der Waals surface area contributed by atoms with Crippen LogP contribution in [0.3, 0.4) is 0 Å². The zero-order chi connectivity index (χ0) is 8.81. The van der Waals surface area contributed by atoms with Gasteiger partial charge in [-0.1, -0.05) is 0 Å². The molecule has 1 unspecified atom stereocenters. The van der Waals surface area contributed by atoms with Crippen molar-refractivity contribution in [3.63, 3.8) is 0 Å². The first kappa shape index (κ1) is 9.28. The summed E-state index contributed by atoms with van der Waals surface area (Å²) in [5.74, 6) is 0. The van der Waals surface area contributed by atoms with Crippen LogP contribution in [-0.2, 0) is 9.47 Å². The van der Waals surface area contributed by atoms with Crippen molar-refractivity contribution in [2.75, 3.05) is 33.4 Å². The fraction of sp³-hybridized carbons (Fsp3) is 0.857. The monoisotopic (exact) mass is 174 g/mol. The first-order valence-corrected chi connectivity index (χ1v) is 3.96. The molecule has 1 amide bonds. The maximum absolute atomic E-state index is 10.7. The maximum Gasteiger partial charge on any atom is 0.406 e. The van der Waals surface area contributed by atoms with Crippen molar-refractivity contribution >= 4 is 6.09 Å². The third-order valence-corrected chi connectivity index (χ3v) is 1.68. The van der Waals surface area contributed by atoms with E-state index >= 15 is 0 Å². The van der Waals surface area contributed by atoms with Gasteiger partial charge in [0.15, 0.2) is 0 Å². The smallest absolute Gasteiger partial charge is 0.406 e. The molecule has 1 fully saturated rings. The van der Waals surface area contributed by atoms with Crippen LogP contribution in [-0.4, -0.2) is 45.5 Å². The van der Waals surface area contributed by atoms with Crippen LogP contribution in [0.15, 0.2) is 0 Å². The highest BCUT2D eigenvalue weighted by Gasteiger charge is 2.13. The Hall–Kier alpha value is -0.810. The molecule has 70 valence electrons. The molecule has 1 rings (SSSR count). The molecule has 0 saturated carbocycles. The fourth-order valence-electron chi connectivity index (χ4n) is 1.03. The largest absolute Gasteiger partial charge is 0.453 e. The summed E-state index contributed by atoms with van der Waals surface area (Å²) in [6.07, 6.45) is -0.401. The number of rotatable bonds is 2. The van der Waals surface area contributed by atoms with E-state index in [0.29, 0.717) is 13.2 Å². The van der Waals surface area contributed by atoms with Crippen molar-refractivity contribution in [3.05, 3.63) is 0 Å². The van der Waals surface area contributed by atoms with E-state index < -0.39 is 6.09 Å². The number of methoxy groups -OCH3 is 1. The van der Waals surface area contributed by atoms with Crippen molar-refractivity contribution in [2.45, 2.75) is 6.04 Å². The molecule has 0 aromatic heterocycles. The van der Waals surface area contributed by atoms with Crippen LogP contribution in [0.4, 0.5) is 4.79 Å². The lowest BCUT2D eigenvalue weighted by Gasteiger charge is -2.23. The number of amides is 1. The summed E-state index contributed by atoms with van der Waals surface area (Å²) >= 11 is 0. The summed E-state index contributed by atoms with van der Waals surface area (Å²) in [4.78, 5) is 10.7. The van der Waals surface area contributed by atoms with Gasteiger partial charge < -0.3 is 20.1 Å². The molecule has 0 aromatic carbocycles. The van der Waals surface area contributed by atoms with Crippen LogP contribution in [0, 0.1) is 0 Å². The highest BCUT2D eigenvalue weighted by molar-refractivity contribution is 5.66. The van der Waals surface area contributed by atoms with Crippen molar-refractivity contribution in [1.29, 1.82) is 0 Å². The molecule has 0 aliphatic carbocycles. The molecule has 5 nitrogen and oxygen atoms in total. The van der Waals surface area contributed by atoms with Crippen LogP contribution in [0.5, 0.6) is 0 Å². The molecule has 12 heavy (non-hydrogen) atoms. The summed E-state index contributed by atoms with van der Waals surface area (Å²) in [7, 11) is 1.35. The van der Waals surface area contributed by atoms with Crippen LogP contribution in [0.2, 0.25) is 0 Å². The molecule has 0 aromatic rings. The van der Waals surface area contributed by atoms with E-state index in [9.17, 15) is 4.79 Å². The first-order chi connectivity index (χ1) is 5.83. The number of nitrogens with one attached hydrogen (secondary N) is 2. The van der Waals surface area contributed by atoms with E-state index in [1.807, 2.05) is 0 Å². The van der Waals surface area contributed by atoms with Crippen LogP contribution in [0.25, 0.3) is 0 Å². The average molecular weight is 174 g/mol. The normalized spacial score (nSPS) is 23.2. The predicted octanol–water partition coefficient (Wildman–Crippen LogP) is -0.669. The quantitative estimate of drug-likeness (QED) is 0.583. The highest BCUT2D eigenvalue weighted by atomic mass is 16.5. The van der Waals surface area contributed by atoms with Gasteiger partial charge in [-0.15, -0.1) is 0 Å². The Labute approximate surface area is 71.4 Å². The van der Waals surface area contributed by atoms with Gasteiger partial charge in [0, 0.05) is 19.1 Å². The number of alkyl carbamates (subject to hydrolysis) is 1. The molecule has 0 bridgehead atoms. The van der Waals surface area contributed by atoms with E-state index in [2.05, 4.69) is 15.4 Å². The third-order valence-electron chi connectivity index (χ3n) is 1.68. The van der Waals surface area contributed by atoms with Gasteiger partial charge in [-0.3, -0.25) is 0 Å². The van der Waals surface area contributed by atoms with E-state index in [-0.39, 0.29) is 6.04 Å². The lowest BCUT2D eigenvalue weighted by Crippen LogP contribution is -2.48. The molecule has 0 radical (unpaired) electrons. The Bertz CT molecular complexity index is 146. The molecule has 0 spiro atoms. The number of ether oxygens (including phenoxy) is 2. The summed E-state index contributed by atoms with van der Waals surface area (Å²) in [5.41, 5.74) is 0. The van der Waals surface area contributed by atoms with Gasteiger partial charge in [0.2, 0.25) is 0 Å². The zero-order valence-electron chi connectivity index (χ0n) is 7.13. The van der Waals surface area contributed by atoms with Gasteiger partial charge in [-0.05, 0) is 0 Å². The topological polar surface area (TPSA) is 59.6 Å². The van der Waals surface area contributed by atoms with E-state index in [1.54, 1.807) is 0 Å². The average Bonchev–Trinajstić information content (AvgIpc) is 2.16. The molecule has 1 heterocycles. The summed E-state index contributed by atoms with van der Waals surface area (Å²) < 4.78 is 9.62. The molecule has 5 heteroatoms. The standard InChI is InChI=1S/C7H14N2O3/c1-11-7(10)9-4-6-5-12-3-2-8-6/h6,8H,2-5H2,1H3,(H,9,10). The van der Waals surface area contributed by atoms with Crippen molar-refractivity contribution in [2.24, 2.45) is 0 Å². The van der Waals surface area contributed by atoms with Gasteiger partial charge in [-0.2, -0.15) is 0 Å². The molecular formula is C7H14N2O3. The molecule has 2 N–H and O–H groups in total. The minimum absolute atomic E-state index is 0.206. The van der Waals surface area contributed by atoms with Gasteiger partial charge in [0.05, 0.1) is 20.3 Å². The molecular weight excluding hydrogens is 160 g/mol. The number of carbonyl (C=O) groups is 1. The number of hydrogen-bond donors (Lipinski definition) is 2. The predicted molar refractivity (Wildman–Crippen MR) is 43.0 cm³/mol. The van der Waals surface area contributed by atoms with Gasteiger partial charge in [0.1, 0.15) is 0 Å². The Morgan fingerprint density at radius 2 is 2.67 bits per heavy atom. The van der Waals surface area contributed by atoms with Gasteiger partial charge in [0.25, 0.3) is 0 Å². The van der Waals surface area contributed by atoms with Gasteiger partial charge >= 0.3 is 6.09 Å². The summed E-state index contributed by atoms with van der Waals surface area (Å²) in [6, 6.07) is 0.206. The van der Waals surface area contributed by atoms with Crippen molar-refractivity contribution in [1.82, 2.24) is 10.6 Å². The first-order valence-electron chi connectivity index (χ1n) is 3.96. The van der Waals surface area contributed by atoms with E-state index in [4.69, 9.17) is 4.74 Å². The summed E-state index contributed by atoms with van der Waals surface area (Å²) in [6.45, 7) is 2.78. The van der Waals surface area contributed by atoms with E-state index in [1.165, 1.54) is 7.11 Å².